The average Bonchev–Trinajstić information content (AvgIpc) is 3.06. The Morgan fingerprint density at radius 2 is 1.63 bits per heavy atom. The molecule has 0 spiro atoms. The van der Waals surface area contributed by atoms with Gasteiger partial charge in [0.1, 0.15) is 10.8 Å². The first-order chi connectivity index (χ1) is 12.9. The molecule has 0 atom stereocenters. The number of thiazole rings is 1. The number of nitrogens with zero attached hydrogens (tertiary/aromatic N) is 1. The van der Waals surface area contributed by atoms with Crippen molar-refractivity contribution in [1.29, 1.82) is 0 Å². The van der Waals surface area contributed by atoms with Crippen molar-refractivity contribution in [2.75, 3.05) is 0 Å². The molecule has 0 aliphatic heterocycles. The van der Waals surface area contributed by atoms with Crippen molar-refractivity contribution in [3.05, 3.63) is 75.6 Å². The zero-order valence-corrected chi connectivity index (χ0v) is 16.7. The summed E-state index contributed by atoms with van der Waals surface area (Å²) in [6.07, 6.45) is 0.697. The first-order valence-electron chi connectivity index (χ1n) is 9.10. The van der Waals surface area contributed by atoms with E-state index in [0.717, 1.165) is 21.8 Å². The lowest BCUT2D eigenvalue weighted by Gasteiger charge is -2.04. The molecule has 3 rings (SSSR count). The van der Waals surface area contributed by atoms with Gasteiger partial charge in [0.05, 0.1) is 12.1 Å². The summed E-state index contributed by atoms with van der Waals surface area (Å²) in [6.45, 7) is 5.87. The SMILES string of the molecule is CC(=O)Cc1ccc(C(=O)Cc2nc(-c3ccccc3)c(C(C)C)s2)cc1. The number of Topliss-reactive ketones (excluding diaryl/α,β-unsaturated/α-hetero) is 2. The maximum Gasteiger partial charge on any atom is 0.169 e. The Bertz CT molecular complexity index is 940. The van der Waals surface area contributed by atoms with Crippen molar-refractivity contribution in [2.24, 2.45) is 0 Å². The lowest BCUT2D eigenvalue weighted by atomic mass is 10.0. The van der Waals surface area contributed by atoms with Crippen LogP contribution in [0.2, 0.25) is 0 Å². The number of aromatic nitrogens is 1. The molecule has 0 saturated heterocycles. The van der Waals surface area contributed by atoms with Crippen LogP contribution in [-0.2, 0) is 17.6 Å². The lowest BCUT2D eigenvalue weighted by Crippen LogP contribution is -2.04. The number of benzene rings is 2. The Morgan fingerprint density at radius 1 is 0.963 bits per heavy atom. The fourth-order valence-electron chi connectivity index (χ4n) is 2.98. The molecule has 3 nitrogen and oxygen atoms in total. The number of hydrogen-bond acceptors (Lipinski definition) is 4. The summed E-state index contributed by atoms with van der Waals surface area (Å²) in [5.41, 5.74) is 3.66. The molecule has 0 aliphatic carbocycles. The summed E-state index contributed by atoms with van der Waals surface area (Å²) in [7, 11) is 0. The third-order valence-electron chi connectivity index (χ3n) is 4.31. The predicted octanol–water partition coefficient (Wildman–Crippen LogP) is 5.49. The fraction of sp³-hybridized carbons (Fsp3) is 0.261. The molecule has 27 heavy (non-hydrogen) atoms. The van der Waals surface area contributed by atoms with Crippen molar-refractivity contribution < 1.29 is 9.59 Å². The molecule has 1 heterocycles. The van der Waals surface area contributed by atoms with Crippen LogP contribution in [0.1, 0.15) is 52.5 Å². The van der Waals surface area contributed by atoms with E-state index >= 15 is 0 Å². The Hall–Kier alpha value is -2.59. The Labute approximate surface area is 164 Å². The zero-order chi connectivity index (χ0) is 19.4. The summed E-state index contributed by atoms with van der Waals surface area (Å²) in [5.74, 6) is 0.520. The smallest absolute Gasteiger partial charge is 0.169 e. The number of ketones is 2. The Kier molecular flexibility index (Phi) is 5.97. The Balaban J connectivity index is 1.81. The molecule has 0 saturated carbocycles. The van der Waals surface area contributed by atoms with Crippen molar-refractivity contribution in [2.45, 2.75) is 39.5 Å². The number of hydrogen-bond donors (Lipinski definition) is 0. The first kappa shape index (κ1) is 19.2. The van der Waals surface area contributed by atoms with Crippen LogP contribution in [0.25, 0.3) is 11.3 Å². The molecule has 0 aliphatic rings. The lowest BCUT2D eigenvalue weighted by molar-refractivity contribution is -0.116. The van der Waals surface area contributed by atoms with E-state index in [9.17, 15) is 9.59 Å². The van der Waals surface area contributed by atoms with Crippen molar-refractivity contribution >= 4 is 22.9 Å². The van der Waals surface area contributed by atoms with Gasteiger partial charge >= 0.3 is 0 Å². The van der Waals surface area contributed by atoms with Crippen LogP contribution in [0.5, 0.6) is 0 Å². The van der Waals surface area contributed by atoms with E-state index in [1.165, 1.54) is 4.88 Å². The quantitative estimate of drug-likeness (QED) is 0.512. The van der Waals surface area contributed by atoms with Crippen LogP contribution in [-0.4, -0.2) is 16.6 Å². The molecule has 0 N–H and O–H groups in total. The van der Waals surface area contributed by atoms with Crippen molar-refractivity contribution in [1.82, 2.24) is 4.98 Å². The highest BCUT2D eigenvalue weighted by Gasteiger charge is 2.18. The molecule has 2 aromatic carbocycles. The molecule has 1 aromatic heterocycles. The van der Waals surface area contributed by atoms with Gasteiger partial charge in [-0.15, -0.1) is 11.3 Å². The number of carbonyl (C=O) groups is 2. The third kappa shape index (κ3) is 4.77. The normalized spacial score (nSPS) is 11.0. The van der Waals surface area contributed by atoms with Crippen molar-refractivity contribution in [3.8, 4) is 11.3 Å². The van der Waals surface area contributed by atoms with Gasteiger partial charge < -0.3 is 0 Å². The van der Waals surface area contributed by atoms with E-state index in [1.807, 2.05) is 30.3 Å². The van der Waals surface area contributed by atoms with E-state index in [0.29, 0.717) is 24.3 Å². The second-order valence-corrected chi connectivity index (χ2v) is 8.13. The minimum Gasteiger partial charge on any atom is -0.300 e. The van der Waals surface area contributed by atoms with Gasteiger partial charge in [-0.2, -0.15) is 0 Å². The van der Waals surface area contributed by atoms with E-state index in [-0.39, 0.29) is 11.6 Å². The number of rotatable bonds is 7. The van der Waals surface area contributed by atoms with Crippen LogP contribution in [0.15, 0.2) is 54.6 Å². The van der Waals surface area contributed by atoms with Gasteiger partial charge in [-0.3, -0.25) is 9.59 Å². The van der Waals surface area contributed by atoms with E-state index in [4.69, 9.17) is 4.98 Å². The predicted molar refractivity (Wildman–Crippen MR) is 111 cm³/mol. The molecule has 4 heteroatoms. The van der Waals surface area contributed by atoms with Crippen LogP contribution < -0.4 is 0 Å². The maximum atomic E-state index is 12.7. The highest BCUT2D eigenvalue weighted by atomic mass is 32.1. The van der Waals surface area contributed by atoms with Crippen LogP contribution >= 0.6 is 11.3 Å². The minimum atomic E-state index is 0.0491. The first-order valence-corrected chi connectivity index (χ1v) is 9.92. The molecule has 3 aromatic rings. The Morgan fingerprint density at radius 3 is 2.22 bits per heavy atom. The summed E-state index contributed by atoms with van der Waals surface area (Å²) in [6, 6.07) is 17.4. The molecular weight excluding hydrogens is 354 g/mol. The van der Waals surface area contributed by atoms with Crippen LogP contribution in [0.4, 0.5) is 0 Å². The topological polar surface area (TPSA) is 47.0 Å². The molecule has 138 valence electrons. The second-order valence-electron chi connectivity index (χ2n) is 7.02. The number of carbonyl (C=O) groups excluding carboxylic acids is 2. The molecule has 0 radical (unpaired) electrons. The van der Waals surface area contributed by atoms with Gasteiger partial charge in [0, 0.05) is 22.4 Å². The second kappa shape index (κ2) is 8.40. The van der Waals surface area contributed by atoms with E-state index < -0.39 is 0 Å². The van der Waals surface area contributed by atoms with E-state index in [1.54, 1.807) is 30.4 Å². The average molecular weight is 378 g/mol. The van der Waals surface area contributed by atoms with Crippen LogP contribution in [0, 0.1) is 0 Å². The van der Waals surface area contributed by atoms with E-state index in [2.05, 4.69) is 26.0 Å². The van der Waals surface area contributed by atoms with Crippen molar-refractivity contribution in [3.63, 3.8) is 0 Å². The molecule has 0 unspecified atom stereocenters. The van der Waals surface area contributed by atoms with Gasteiger partial charge in [0.15, 0.2) is 5.78 Å². The third-order valence-corrected chi connectivity index (χ3v) is 5.67. The highest BCUT2D eigenvalue weighted by Crippen LogP contribution is 2.34. The molecular formula is C23H23NO2S. The van der Waals surface area contributed by atoms with Gasteiger partial charge in [-0.1, -0.05) is 68.4 Å². The summed E-state index contributed by atoms with van der Waals surface area (Å²) in [5, 5.41) is 0.843. The van der Waals surface area contributed by atoms with Crippen LogP contribution in [0.3, 0.4) is 0 Å². The molecule has 0 fully saturated rings. The maximum absolute atomic E-state index is 12.7. The highest BCUT2D eigenvalue weighted by molar-refractivity contribution is 7.12. The summed E-state index contributed by atoms with van der Waals surface area (Å²) < 4.78 is 0. The summed E-state index contributed by atoms with van der Waals surface area (Å²) in [4.78, 5) is 29.9. The summed E-state index contributed by atoms with van der Waals surface area (Å²) >= 11 is 1.62. The fourth-order valence-corrected chi connectivity index (χ4v) is 4.07. The standard InChI is InChI=1S/C23H23NO2S/c1-15(2)23-22(19-7-5-4-6-8-19)24-21(27-23)14-20(26)18-11-9-17(10-12-18)13-16(3)25/h4-12,15H,13-14H2,1-3H3. The molecule has 0 amide bonds. The minimum absolute atomic E-state index is 0.0491. The van der Waals surface area contributed by atoms with Gasteiger partial charge in [-0.25, -0.2) is 4.98 Å². The van der Waals surface area contributed by atoms with Gasteiger partial charge in [0.25, 0.3) is 0 Å². The monoisotopic (exact) mass is 377 g/mol. The molecule has 0 bridgehead atoms. The van der Waals surface area contributed by atoms with Gasteiger partial charge in [0.2, 0.25) is 0 Å². The largest absolute Gasteiger partial charge is 0.300 e. The zero-order valence-electron chi connectivity index (χ0n) is 15.9. The van der Waals surface area contributed by atoms with Gasteiger partial charge in [-0.05, 0) is 18.4 Å².